The lowest BCUT2D eigenvalue weighted by Gasteiger charge is -2.26. The summed E-state index contributed by atoms with van der Waals surface area (Å²) < 4.78 is 36.3. The lowest BCUT2D eigenvalue weighted by Crippen LogP contribution is -2.46. The van der Waals surface area contributed by atoms with Gasteiger partial charge in [0.25, 0.3) is 0 Å². The van der Waals surface area contributed by atoms with Crippen molar-refractivity contribution >= 4 is 16.0 Å². The Labute approximate surface area is 163 Å². The second-order valence-electron chi connectivity index (χ2n) is 6.96. The normalized spacial score (nSPS) is 12.6. The van der Waals surface area contributed by atoms with Crippen LogP contribution in [0.5, 0.6) is 11.5 Å². The van der Waals surface area contributed by atoms with Gasteiger partial charge in [0.1, 0.15) is 11.5 Å². The van der Waals surface area contributed by atoms with Gasteiger partial charge in [-0.3, -0.25) is 4.99 Å². The quantitative estimate of drug-likeness (QED) is 0.481. The standard InChI is InChI=1S/C18H32N4O4S/c1-8-19-17(20-13-18(2,3)21-27(7,23)24)22(4)12-14-9-10-15(25-5)11-16(14)26-6/h9-11,21H,8,12-13H2,1-7H3,(H,19,20). The number of methoxy groups -OCH3 is 2. The molecule has 27 heavy (non-hydrogen) atoms. The third-order valence-electron chi connectivity index (χ3n) is 3.68. The third-order valence-corrected chi connectivity index (χ3v) is 4.61. The van der Waals surface area contributed by atoms with Gasteiger partial charge >= 0.3 is 0 Å². The van der Waals surface area contributed by atoms with Gasteiger partial charge in [-0.2, -0.15) is 0 Å². The Bertz CT molecular complexity index is 748. The first kappa shape index (κ1) is 23.0. The van der Waals surface area contributed by atoms with Crippen molar-refractivity contribution in [2.75, 3.05) is 40.6 Å². The molecule has 1 rings (SSSR count). The van der Waals surface area contributed by atoms with Gasteiger partial charge in [-0.25, -0.2) is 13.1 Å². The average Bonchev–Trinajstić information content (AvgIpc) is 2.56. The molecule has 0 radical (unpaired) electrons. The van der Waals surface area contributed by atoms with Crippen LogP contribution in [0, 0.1) is 0 Å². The van der Waals surface area contributed by atoms with Crippen LogP contribution in [-0.2, 0) is 16.6 Å². The highest BCUT2D eigenvalue weighted by atomic mass is 32.2. The van der Waals surface area contributed by atoms with Gasteiger partial charge in [0, 0.05) is 37.3 Å². The molecule has 0 saturated carbocycles. The van der Waals surface area contributed by atoms with Crippen LogP contribution >= 0.6 is 0 Å². The van der Waals surface area contributed by atoms with Crippen molar-refractivity contribution in [1.29, 1.82) is 0 Å². The van der Waals surface area contributed by atoms with Gasteiger partial charge in [-0.1, -0.05) is 0 Å². The van der Waals surface area contributed by atoms with Crippen molar-refractivity contribution in [2.45, 2.75) is 32.9 Å². The Kier molecular flexibility index (Phi) is 8.36. The van der Waals surface area contributed by atoms with Crippen LogP contribution < -0.4 is 19.5 Å². The molecule has 0 unspecified atom stereocenters. The molecule has 0 bridgehead atoms. The van der Waals surface area contributed by atoms with Gasteiger partial charge < -0.3 is 19.7 Å². The van der Waals surface area contributed by atoms with Crippen molar-refractivity contribution in [1.82, 2.24) is 14.9 Å². The predicted octanol–water partition coefficient (Wildman–Crippen LogP) is 1.43. The average molecular weight is 401 g/mol. The largest absolute Gasteiger partial charge is 0.497 e. The molecule has 0 spiro atoms. The maximum absolute atomic E-state index is 11.5. The summed E-state index contributed by atoms with van der Waals surface area (Å²) in [6.07, 6.45) is 1.14. The summed E-state index contributed by atoms with van der Waals surface area (Å²) in [6.45, 7) is 7.15. The topological polar surface area (TPSA) is 92.3 Å². The molecule has 8 nitrogen and oxygen atoms in total. The van der Waals surface area contributed by atoms with E-state index in [4.69, 9.17) is 9.47 Å². The Balaban J connectivity index is 2.97. The number of hydrogen-bond donors (Lipinski definition) is 2. The lowest BCUT2D eigenvalue weighted by atomic mass is 10.1. The Morgan fingerprint density at radius 3 is 2.44 bits per heavy atom. The fourth-order valence-corrected chi connectivity index (χ4v) is 3.66. The van der Waals surface area contributed by atoms with Gasteiger partial charge in [-0.05, 0) is 32.9 Å². The second kappa shape index (κ2) is 9.80. The van der Waals surface area contributed by atoms with E-state index in [1.807, 2.05) is 37.1 Å². The zero-order valence-corrected chi connectivity index (χ0v) is 18.1. The van der Waals surface area contributed by atoms with E-state index in [1.165, 1.54) is 0 Å². The molecule has 154 valence electrons. The van der Waals surface area contributed by atoms with E-state index in [2.05, 4.69) is 15.0 Å². The molecular weight excluding hydrogens is 368 g/mol. The SMILES string of the molecule is CCNC(=NCC(C)(C)NS(C)(=O)=O)N(C)Cc1ccc(OC)cc1OC. The lowest BCUT2D eigenvalue weighted by molar-refractivity contribution is 0.382. The predicted molar refractivity (Wildman–Crippen MR) is 109 cm³/mol. The van der Waals surface area contributed by atoms with Crippen LogP contribution in [0.4, 0.5) is 0 Å². The number of benzene rings is 1. The van der Waals surface area contributed by atoms with Crippen LogP contribution in [0.25, 0.3) is 0 Å². The monoisotopic (exact) mass is 400 g/mol. The summed E-state index contributed by atoms with van der Waals surface area (Å²) >= 11 is 0. The molecule has 1 aromatic carbocycles. The number of aliphatic imine (C=N–C) groups is 1. The first-order valence-corrected chi connectivity index (χ1v) is 10.6. The molecule has 0 atom stereocenters. The van der Waals surface area contributed by atoms with Crippen molar-refractivity contribution in [2.24, 2.45) is 4.99 Å². The Morgan fingerprint density at radius 2 is 1.93 bits per heavy atom. The van der Waals surface area contributed by atoms with E-state index in [0.29, 0.717) is 25.6 Å². The maximum atomic E-state index is 11.5. The minimum absolute atomic E-state index is 0.298. The van der Waals surface area contributed by atoms with Crippen molar-refractivity contribution < 1.29 is 17.9 Å². The fourth-order valence-electron chi connectivity index (χ4n) is 2.59. The molecule has 2 N–H and O–H groups in total. The molecule has 1 aromatic rings. The Hall–Kier alpha value is -2.00. The maximum Gasteiger partial charge on any atom is 0.209 e. The molecular formula is C18H32N4O4S. The summed E-state index contributed by atoms with van der Waals surface area (Å²) in [6, 6.07) is 5.67. The molecule has 0 amide bonds. The summed E-state index contributed by atoms with van der Waals surface area (Å²) in [5.74, 6) is 2.14. The zero-order valence-electron chi connectivity index (χ0n) is 17.3. The molecule has 0 aromatic heterocycles. The summed E-state index contributed by atoms with van der Waals surface area (Å²) in [7, 11) is 1.85. The molecule has 0 fully saturated rings. The molecule has 0 heterocycles. The van der Waals surface area contributed by atoms with E-state index < -0.39 is 15.6 Å². The second-order valence-corrected chi connectivity index (χ2v) is 8.71. The highest BCUT2D eigenvalue weighted by Gasteiger charge is 2.22. The summed E-state index contributed by atoms with van der Waals surface area (Å²) in [5.41, 5.74) is 0.298. The van der Waals surface area contributed by atoms with Crippen LogP contribution in [0.2, 0.25) is 0 Å². The molecule has 0 aliphatic rings. The van der Waals surface area contributed by atoms with Gasteiger partial charge in [0.15, 0.2) is 5.96 Å². The number of ether oxygens (including phenoxy) is 2. The van der Waals surface area contributed by atoms with E-state index in [-0.39, 0.29) is 0 Å². The smallest absolute Gasteiger partial charge is 0.209 e. The number of nitrogens with zero attached hydrogens (tertiary/aromatic N) is 2. The van der Waals surface area contributed by atoms with Crippen molar-refractivity contribution in [3.05, 3.63) is 23.8 Å². The number of nitrogens with one attached hydrogen (secondary N) is 2. The highest BCUT2D eigenvalue weighted by molar-refractivity contribution is 7.88. The van der Waals surface area contributed by atoms with Crippen LogP contribution in [0.15, 0.2) is 23.2 Å². The first-order chi connectivity index (χ1) is 12.5. The minimum Gasteiger partial charge on any atom is -0.497 e. The summed E-state index contributed by atoms with van der Waals surface area (Å²) in [4.78, 5) is 6.56. The van der Waals surface area contributed by atoms with E-state index in [1.54, 1.807) is 28.1 Å². The van der Waals surface area contributed by atoms with Crippen LogP contribution in [-0.4, -0.2) is 65.4 Å². The van der Waals surface area contributed by atoms with E-state index in [9.17, 15) is 8.42 Å². The van der Waals surface area contributed by atoms with Crippen LogP contribution in [0.1, 0.15) is 26.3 Å². The zero-order chi connectivity index (χ0) is 20.7. The van der Waals surface area contributed by atoms with Crippen molar-refractivity contribution in [3.63, 3.8) is 0 Å². The van der Waals surface area contributed by atoms with Gasteiger partial charge in [-0.15, -0.1) is 0 Å². The number of rotatable bonds is 9. The summed E-state index contributed by atoms with van der Waals surface area (Å²) in [5, 5.41) is 3.23. The number of hydrogen-bond acceptors (Lipinski definition) is 5. The number of guanidine groups is 1. The van der Waals surface area contributed by atoms with Gasteiger partial charge in [0.2, 0.25) is 10.0 Å². The van der Waals surface area contributed by atoms with Crippen LogP contribution in [0.3, 0.4) is 0 Å². The number of sulfonamides is 1. The highest BCUT2D eigenvalue weighted by Crippen LogP contribution is 2.25. The molecule has 9 heteroatoms. The van der Waals surface area contributed by atoms with E-state index >= 15 is 0 Å². The molecule has 0 aliphatic carbocycles. The third kappa shape index (κ3) is 8.04. The first-order valence-electron chi connectivity index (χ1n) is 8.70. The van der Waals surface area contributed by atoms with Crippen molar-refractivity contribution in [3.8, 4) is 11.5 Å². The van der Waals surface area contributed by atoms with E-state index in [0.717, 1.165) is 23.3 Å². The minimum atomic E-state index is -3.31. The molecule has 0 saturated heterocycles. The Morgan fingerprint density at radius 1 is 1.26 bits per heavy atom. The fraction of sp³-hybridized carbons (Fsp3) is 0.611. The molecule has 0 aliphatic heterocycles. The van der Waals surface area contributed by atoms with Gasteiger partial charge in [0.05, 0.1) is 27.0 Å².